The number of thiophene rings is 1. The molecule has 3 aromatic rings. The van der Waals surface area contributed by atoms with Crippen molar-refractivity contribution in [2.24, 2.45) is 11.7 Å². The van der Waals surface area contributed by atoms with Crippen LogP contribution in [0.2, 0.25) is 0 Å². The van der Waals surface area contributed by atoms with Gasteiger partial charge in [-0.05, 0) is 49.9 Å². The van der Waals surface area contributed by atoms with Gasteiger partial charge in [0, 0.05) is 47.9 Å². The van der Waals surface area contributed by atoms with Crippen LogP contribution in [0.5, 0.6) is 0 Å². The summed E-state index contributed by atoms with van der Waals surface area (Å²) in [4.78, 5) is 25.6. The molecule has 0 saturated carbocycles. The van der Waals surface area contributed by atoms with Crippen LogP contribution in [0.3, 0.4) is 0 Å². The predicted molar refractivity (Wildman–Crippen MR) is 126 cm³/mol. The summed E-state index contributed by atoms with van der Waals surface area (Å²) in [6.45, 7) is 2.76. The molecule has 1 saturated heterocycles. The number of nitrogens with zero attached hydrogens (tertiary/aromatic N) is 3. The molecule has 32 heavy (non-hydrogen) atoms. The highest BCUT2D eigenvalue weighted by Gasteiger charge is 2.31. The molecule has 0 radical (unpaired) electrons. The second-order valence-corrected chi connectivity index (χ2v) is 9.82. The number of carbonyl (C=O) groups is 1. The van der Waals surface area contributed by atoms with Gasteiger partial charge < -0.3 is 21.7 Å². The molecule has 2 aliphatic rings. The Morgan fingerprint density at radius 3 is 2.91 bits per heavy atom. The average Bonchev–Trinajstić information content (AvgIpc) is 3.32. The number of nitrogens with one attached hydrogen (secondary N) is 1. The van der Waals surface area contributed by atoms with Crippen molar-refractivity contribution in [1.82, 2.24) is 15.3 Å². The first-order valence-corrected chi connectivity index (χ1v) is 11.8. The van der Waals surface area contributed by atoms with Crippen LogP contribution in [0.4, 0.5) is 15.9 Å². The molecule has 5 N–H and O–H groups in total. The minimum Gasteiger partial charge on any atom is -0.397 e. The topological polar surface area (TPSA) is 110 Å². The van der Waals surface area contributed by atoms with E-state index < -0.39 is 6.67 Å². The summed E-state index contributed by atoms with van der Waals surface area (Å²) in [7, 11) is 0. The van der Waals surface area contributed by atoms with E-state index in [4.69, 9.17) is 16.5 Å². The van der Waals surface area contributed by atoms with Crippen molar-refractivity contribution in [1.29, 1.82) is 0 Å². The monoisotopic (exact) mass is 454 g/mol. The highest BCUT2D eigenvalue weighted by atomic mass is 32.1. The zero-order chi connectivity index (χ0) is 22.4. The van der Waals surface area contributed by atoms with E-state index in [1.54, 1.807) is 0 Å². The van der Waals surface area contributed by atoms with Crippen molar-refractivity contribution in [3.8, 4) is 0 Å². The minimum absolute atomic E-state index is 0.0260. The van der Waals surface area contributed by atoms with Gasteiger partial charge in [0.1, 0.15) is 15.5 Å². The number of fused-ring (bicyclic) bond motifs is 2. The van der Waals surface area contributed by atoms with Crippen molar-refractivity contribution in [2.45, 2.75) is 38.3 Å². The molecule has 0 spiro atoms. The SMILES string of the molecule is Cc1ccc2c(N)c(C(=O)N[C@H]3CCc4nc(N5C[C@H](CF)[C@H](N)C5)ccc4C3)sc2n1. The summed E-state index contributed by atoms with van der Waals surface area (Å²) in [5, 5.41) is 3.98. The van der Waals surface area contributed by atoms with E-state index in [-0.39, 0.29) is 23.9 Å². The van der Waals surface area contributed by atoms with Crippen LogP contribution in [0.1, 0.15) is 33.0 Å². The third-order valence-electron chi connectivity index (χ3n) is 6.54. The molecule has 4 heterocycles. The first kappa shape index (κ1) is 21.1. The van der Waals surface area contributed by atoms with E-state index in [1.807, 2.05) is 25.1 Å². The standard InChI is InChI=1S/C23H27FN6OS/c1-12-2-5-16-20(26)21(32-23(16)27-12)22(31)28-15-4-6-18-13(8-15)3-7-19(29-18)30-10-14(9-24)17(25)11-30/h2-3,5,7,14-15,17H,4,6,8-11,25-26H2,1H3,(H,28,31)/t14-,15-,17+/m0/s1. The van der Waals surface area contributed by atoms with Crippen molar-refractivity contribution in [3.63, 3.8) is 0 Å². The highest BCUT2D eigenvalue weighted by molar-refractivity contribution is 7.21. The Hall–Kier alpha value is -2.78. The summed E-state index contributed by atoms with van der Waals surface area (Å²) in [5.41, 5.74) is 15.9. The molecule has 5 rings (SSSR count). The molecule has 0 unspecified atom stereocenters. The van der Waals surface area contributed by atoms with E-state index >= 15 is 0 Å². The van der Waals surface area contributed by atoms with Crippen LogP contribution < -0.4 is 21.7 Å². The van der Waals surface area contributed by atoms with Gasteiger partial charge >= 0.3 is 0 Å². The van der Waals surface area contributed by atoms with E-state index in [0.29, 0.717) is 23.7 Å². The number of alkyl halides is 1. The number of amides is 1. The largest absolute Gasteiger partial charge is 0.397 e. The number of anilines is 2. The lowest BCUT2D eigenvalue weighted by atomic mass is 9.91. The Morgan fingerprint density at radius 2 is 2.12 bits per heavy atom. The lowest BCUT2D eigenvalue weighted by Gasteiger charge is -2.26. The van der Waals surface area contributed by atoms with Crippen molar-refractivity contribution >= 4 is 39.0 Å². The van der Waals surface area contributed by atoms with Crippen LogP contribution in [0.15, 0.2) is 24.3 Å². The summed E-state index contributed by atoms with van der Waals surface area (Å²) in [6, 6.07) is 7.75. The quantitative estimate of drug-likeness (QED) is 0.559. The first-order chi connectivity index (χ1) is 15.4. The van der Waals surface area contributed by atoms with Crippen LogP contribution in [-0.2, 0) is 12.8 Å². The molecule has 3 atom stereocenters. The summed E-state index contributed by atoms with van der Waals surface area (Å²) in [5.74, 6) is 0.579. The molecule has 0 bridgehead atoms. The van der Waals surface area contributed by atoms with Gasteiger partial charge in [0.15, 0.2) is 0 Å². The maximum atomic E-state index is 13.1. The number of nitrogen functional groups attached to an aromatic ring is 1. The Kier molecular flexibility index (Phi) is 5.46. The fourth-order valence-corrected chi connectivity index (χ4v) is 5.70. The second-order valence-electron chi connectivity index (χ2n) is 8.82. The number of halogens is 1. The smallest absolute Gasteiger partial charge is 0.263 e. The maximum absolute atomic E-state index is 13.1. The van der Waals surface area contributed by atoms with Gasteiger partial charge in [-0.25, -0.2) is 9.97 Å². The van der Waals surface area contributed by atoms with Crippen LogP contribution in [0.25, 0.3) is 10.2 Å². The second kappa shape index (κ2) is 8.29. The normalized spacial score (nSPS) is 22.8. The maximum Gasteiger partial charge on any atom is 0.263 e. The first-order valence-electron chi connectivity index (χ1n) is 10.9. The molecule has 7 nitrogen and oxygen atoms in total. The molecule has 1 fully saturated rings. The van der Waals surface area contributed by atoms with Crippen LogP contribution in [0, 0.1) is 12.8 Å². The number of hydrogen-bond donors (Lipinski definition) is 3. The van der Waals surface area contributed by atoms with E-state index in [2.05, 4.69) is 21.3 Å². The molecular formula is C23H27FN6OS. The average molecular weight is 455 g/mol. The van der Waals surface area contributed by atoms with Crippen LogP contribution in [-0.4, -0.2) is 47.7 Å². The molecule has 168 valence electrons. The molecule has 0 aromatic carbocycles. The Bertz CT molecular complexity index is 1180. The van der Waals surface area contributed by atoms with Gasteiger partial charge in [-0.3, -0.25) is 9.18 Å². The van der Waals surface area contributed by atoms with Crippen molar-refractivity contribution < 1.29 is 9.18 Å². The fourth-order valence-electron chi connectivity index (χ4n) is 4.65. The number of aryl methyl sites for hydroxylation is 2. The number of nitrogens with two attached hydrogens (primary N) is 2. The third-order valence-corrected chi connectivity index (χ3v) is 7.65. The van der Waals surface area contributed by atoms with Crippen molar-refractivity contribution in [3.05, 3.63) is 46.1 Å². The fraction of sp³-hybridized carbons (Fsp3) is 0.435. The number of hydrogen-bond acceptors (Lipinski definition) is 7. The van der Waals surface area contributed by atoms with Gasteiger partial charge in [0.05, 0.1) is 12.4 Å². The summed E-state index contributed by atoms with van der Waals surface area (Å²) >= 11 is 1.34. The zero-order valence-electron chi connectivity index (χ0n) is 18.0. The summed E-state index contributed by atoms with van der Waals surface area (Å²) < 4.78 is 13.1. The number of pyridine rings is 2. The van der Waals surface area contributed by atoms with Crippen LogP contribution >= 0.6 is 11.3 Å². The molecule has 1 aliphatic heterocycles. The number of aromatic nitrogens is 2. The molecular weight excluding hydrogens is 427 g/mol. The molecule has 9 heteroatoms. The van der Waals surface area contributed by atoms with Gasteiger partial charge in [0.2, 0.25) is 0 Å². The highest BCUT2D eigenvalue weighted by Crippen LogP contribution is 2.33. The Labute approximate surface area is 190 Å². The van der Waals surface area contributed by atoms with E-state index in [0.717, 1.165) is 52.2 Å². The Morgan fingerprint density at radius 1 is 1.28 bits per heavy atom. The molecule has 1 amide bonds. The van der Waals surface area contributed by atoms with E-state index in [1.165, 1.54) is 11.3 Å². The summed E-state index contributed by atoms with van der Waals surface area (Å²) in [6.07, 6.45) is 2.32. The molecule has 3 aromatic heterocycles. The lowest BCUT2D eigenvalue weighted by molar-refractivity contribution is 0.0938. The Balaban J connectivity index is 1.28. The predicted octanol–water partition coefficient (Wildman–Crippen LogP) is 2.60. The number of carbonyl (C=O) groups excluding carboxylic acids is 1. The zero-order valence-corrected chi connectivity index (χ0v) is 18.8. The van der Waals surface area contributed by atoms with Gasteiger partial charge in [-0.15, -0.1) is 11.3 Å². The lowest BCUT2D eigenvalue weighted by Crippen LogP contribution is -2.39. The number of rotatable bonds is 4. The minimum atomic E-state index is -0.399. The van der Waals surface area contributed by atoms with Crippen molar-refractivity contribution in [2.75, 3.05) is 30.4 Å². The van der Waals surface area contributed by atoms with Gasteiger partial charge in [-0.2, -0.15) is 0 Å². The molecule has 1 aliphatic carbocycles. The third kappa shape index (κ3) is 3.80. The van der Waals surface area contributed by atoms with Gasteiger partial charge in [0.25, 0.3) is 5.91 Å². The van der Waals surface area contributed by atoms with Gasteiger partial charge in [-0.1, -0.05) is 6.07 Å². The van der Waals surface area contributed by atoms with E-state index in [9.17, 15) is 9.18 Å².